The van der Waals surface area contributed by atoms with Gasteiger partial charge in [-0.3, -0.25) is 0 Å². The molecule has 2 heteroatoms. The van der Waals surface area contributed by atoms with E-state index >= 15 is 0 Å². The summed E-state index contributed by atoms with van der Waals surface area (Å²) in [6.45, 7) is 4.24. The van der Waals surface area contributed by atoms with Crippen molar-refractivity contribution in [3.8, 4) is 5.75 Å². The Hall–Kier alpha value is -1.02. The number of phenolic OH excluding ortho intramolecular Hbond substituents is 1. The average molecular weight is 167 g/mol. The second kappa shape index (κ2) is 4.78. The predicted molar refractivity (Wildman–Crippen MR) is 51.8 cm³/mol. The van der Waals surface area contributed by atoms with Crippen molar-refractivity contribution in [3.05, 3.63) is 29.8 Å². The summed E-state index contributed by atoms with van der Waals surface area (Å²) in [5, 5.41) is 9.41. The van der Waals surface area contributed by atoms with Crippen molar-refractivity contribution in [2.24, 2.45) is 0 Å². The van der Waals surface area contributed by atoms with E-state index in [2.05, 4.69) is 13.8 Å². The van der Waals surface area contributed by atoms with Crippen molar-refractivity contribution in [2.75, 3.05) is 0 Å². The minimum atomic E-state index is 0. The fourth-order valence-corrected chi connectivity index (χ4v) is 1.12. The van der Waals surface area contributed by atoms with Crippen LogP contribution in [0.2, 0.25) is 0 Å². The normalized spacial score (nSPS) is 11.8. The van der Waals surface area contributed by atoms with Crippen LogP contribution in [-0.4, -0.2) is 5.11 Å². The van der Waals surface area contributed by atoms with Crippen molar-refractivity contribution in [1.82, 2.24) is 6.15 Å². The second-order valence-corrected chi connectivity index (χ2v) is 2.87. The van der Waals surface area contributed by atoms with Crippen molar-refractivity contribution >= 4 is 0 Å². The Labute approximate surface area is 73.8 Å². The van der Waals surface area contributed by atoms with Gasteiger partial charge < -0.3 is 11.3 Å². The molecule has 12 heavy (non-hydrogen) atoms. The predicted octanol–water partition coefficient (Wildman–Crippen LogP) is 3.07. The number of para-hydroxylation sites is 1. The lowest BCUT2D eigenvalue weighted by atomic mass is 9.98. The van der Waals surface area contributed by atoms with Gasteiger partial charge in [0.05, 0.1) is 0 Å². The molecular weight excluding hydrogens is 150 g/mol. The Morgan fingerprint density at radius 2 is 1.92 bits per heavy atom. The maximum Gasteiger partial charge on any atom is 0.119 e. The highest BCUT2D eigenvalue weighted by atomic mass is 16.3. The first-order valence-corrected chi connectivity index (χ1v) is 4.03. The molecule has 0 aromatic heterocycles. The molecule has 0 aliphatic heterocycles. The van der Waals surface area contributed by atoms with Crippen LogP contribution in [0, 0.1) is 0 Å². The molecule has 0 saturated carbocycles. The van der Waals surface area contributed by atoms with Crippen molar-refractivity contribution in [1.29, 1.82) is 0 Å². The SMILES string of the molecule is CCC(C)c1ccccc1O.N. The highest BCUT2D eigenvalue weighted by Gasteiger charge is 2.05. The molecular formula is C10H17NO. The molecule has 4 N–H and O–H groups in total. The molecule has 68 valence electrons. The Balaban J connectivity index is 0.00000121. The van der Waals surface area contributed by atoms with Gasteiger partial charge in [-0.1, -0.05) is 32.0 Å². The van der Waals surface area contributed by atoms with E-state index in [9.17, 15) is 5.11 Å². The zero-order valence-electron chi connectivity index (χ0n) is 7.75. The molecule has 0 heterocycles. The average Bonchev–Trinajstić information content (AvgIpc) is 2.04. The summed E-state index contributed by atoms with van der Waals surface area (Å²) >= 11 is 0. The fraction of sp³-hybridized carbons (Fsp3) is 0.400. The third-order valence-corrected chi connectivity index (χ3v) is 2.08. The van der Waals surface area contributed by atoms with E-state index < -0.39 is 0 Å². The lowest BCUT2D eigenvalue weighted by Crippen LogP contribution is -1.90. The van der Waals surface area contributed by atoms with E-state index in [0.29, 0.717) is 11.7 Å². The van der Waals surface area contributed by atoms with Gasteiger partial charge in [0.1, 0.15) is 5.75 Å². The van der Waals surface area contributed by atoms with Crippen LogP contribution in [0.1, 0.15) is 31.7 Å². The molecule has 2 nitrogen and oxygen atoms in total. The first-order valence-electron chi connectivity index (χ1n) is 4.03. The third kappa shape index (κ3) is 2.24. The maximum absolute atomic E-state index is 9.41. The van der Waals surface area contributed by atoms with Gasteiger partial charge in [0.2, 0.25) is 0 Å². The molecule has 0 radical (unpaired) electrons. The topological polar surface area (TPSA) is 55.2 Å². The molecule has 1 rings (SSSR count). The molecule has 0 bridgehead atoms. The van der Waals surface area contributed by atoms with E-state index in [1.807, 2.05) is 18.2 Å². The van der Waals surface area contributed by atoms with Crippen LogP contribution in [-0.2, 0) is 0 Å². The molecule has 0 spiro atoms. The van der Waals surface area contributed by atoms with Crippen LogP contribution in [0.5, 0.6) is 5.75 Å². The highest BCUT2D eigenvalue weighted by Crippen LogP contribution is 2.26. The molecule has 0 aliphatic carbocycles. The van der Waals surface area contributed by atoms with E-state index in [0.717, 1.165) is 12.0 Å². The molecule has 1 aromatic rings. The molecule has 0 fully saturated rings. The fourth-order valence-electron chi connectivity index (χ4n) is 1.12. The molecule has 1 atom stereocenters. The second-order valence-electron chi connectivity index (χ2n) is 2.87. The van der Waals surface area contributed by atoms with Crippen molar-refractivity contribution < 1.29 is 5.11 Å². The number of aromatic hydroxyl groups is 1. The lowest BCUT2D eigenvalue weighted by molar-refractivity contribution is 0.462. The van der Waals surface area contributed by atoms with Gasteiger partial charge in [-0.15, -0.1) is 0 Å². The summed E-state index contributed by atoms with van der Waals surface area (Å²) < 4.78 is 0. The summed E-state index contributed by atoms with van der Waals surface area (Å²) in [5.41, 5.74) is 1.05. The number of hydrogen-bond acceptors (Lipinski definition) is 2. The Bertz CT molecular complexity index is 235. The summed E-state index contributed by atoms with van der Waals surface area (Å²) in [6, 6.07) is 7.52. The number of rotatable bonds is 2. The zero-order valence-corrected chi connectivity index (χ0v) is 7.75. The summed E-state index contributed by atoms with van der Waals surface area (Å²) in [5.74, 6) is 0.873. The van der Waals surface area contributed by atoms with Gasteiger partial charge in [0.25, 0.3) is 0 Å². The molecule has 1 unspecified atom stereocenters. The minimum absolute atomic E-state index is 0. The van der Waals surface area contributed by atoms with Crippen LogP contribution >= 0.6 is 0 Å². The van der Waals surface area contributed by atoms with E-state index in [1.54, 1.807) is 6.07 Å². The van der Waals surface area contributed by atoms with Gasteiger partial charge in [-0.2, -0.15) is 0 Å². The quantitative estimate of drug-likeness (QED) is 0.711. The Morgan fingerprint density at radius 1 is 1.33 bits per heavy atom. The highest BCUT2D eigenvalue weighted by molar-refractivity contribution is 5.34. The van der Waals surface area contributed by atoms with Crippen molar-refractivity contribution in [3.63, 3.8) is 0 Å². The third-order valence-electron chi connectivity index (χ3n) is 2.08. The number of phenols is 1. The van der Waals surface area contributed by atoms with Crippen molar-refractivity contribution in [2.45, 2.75) is 26.2 Å². The standard InChI is InChI=1S/C10H14O.H3N/c1-3-8(2)9-6-4-5-7-10(9)11;/h4-8,11H,3H2,1-2H3;1H3. The first kappa shape index (κ1) is 11.0. The van der Waals surface area contributed by atoms with Gasteiger partial charge in [-0.25, -0.2) is 0 Å². The summed E-state index contributed by atoms with van der Waals surface area (Å²) in [4.78, 5) is 0. The Kier molecular flexibility index (Phi) is 4.37. The largest absolute Gasteiger partial charge is 0.508 e. The molecule has 0 aliphatic rings. The zero-order chi connectivity index (χ0) is 8.27. The van der Waals surface area contributed by atoms with Crippen LogP contribution < -0.4 is 6.15 Å². The Morgan fingerprint density at radius 3 is 2.42 bits per heavy atom. The van der Waals surface area contributed by atoms with Crippen LogP contribution in [0.4, 0.5) is 0 Å². The molecule has 0 amide bonds. The molecule has 0 saturated heterocycles. The van der Waals surface area contributed by atoms with Gasteiger partial charge in [0.15, 0.2) is 0 Å². The van der Waals surface area contributed by atoms with Crippen LogP contribution in [0.3, 0.4) is 0 Å². The number of benzene rings is 1. The minimum Gasteiger partial charge on any atom is -0.508 e. The van der Waals surface area contributed by atoms with Gasteiger partial charge in [0, 0.05) is 0 Å². The van der Waals surface area contributed by atoms with E-state index in [4.69, 9.17) is 0 Å². The summed E-state index contributed by atoms with van der Waals surface area (Å²) in [7, 11) is 0. The lowest BCUT2D eigenvalue weighted by Gasteiger charge is -2.09. The van der Waals surface area contributed by atoms with Crippen LogP contribution in [0.25, 0.3) is 0 Å². The van der Waals surface area contributed by atoms with E-state index in [1.165, 1.54) is 0 Å². The maximum atomic E-state index is 9.41. The monoisotopic (exact) mass is 167 g/mol. The van der Waals surface area contributed by atoms with Gasteiger partial charge in [-0.05, 0) is 24.0 Å². The molecule has 1 aromatic carbocycles. The smallest absolute Gasteiger partial charge is 0.119 e. The van der Waals surface area contributed by atoms with E-state index in [-0.39, 0.29) is 6.15 Å². The summed E-state index contributed by atoms with van der Waals surface area (Å²) in [6.07, 6.45) is 1.07. The van der Waals surface area contributed by atoms with Crippen LogP contribution in [0.15, 0.2) is 24.3 Å². The first-order chi connectivity index (χ1) is 5.25. The number of hydrogen-bond donors (Lipinski definition) is 2. The van der Waals surface area contributed by atoms with Gasteiger partial charge >= 0.3 is 0 Å².